The predicted molar refractivity (Wildman–Crippen MR) is 288 cm³/mol. The molecule has 0 N–H and O–H groups in total. The van der Waals surface area contributed by atoms with Crippen LogP contribution in [0.5, 0.6) is 0 Å². The Hall–Kier alpha value is -4.19. The Morgan fingerprint density at radius 3 is 1.01 bits per heavy atom. The van der Waals surface area contributed by atoms with Crippen LogP contribution in [0.15, 0.2) is 122 Å². The first-order chi connectivity index (χ1) is 33.0. The lowest BCUT2D eigenvalue weighted by atomic mass is 10.1. The number of hydrogen-bond donors (Lipinski definition) is 0. The number of esters is 3. The van der Waals surface area contributed by atoms with Crippen molar-refractivity contribution in [1.82, 2.24) is 0 Å². The summed E-state index contributed by atoms with van der Waals surface area (Å²) in [5.41, 5.74) is 0. The minimum Gasteiger partial charge on any atom is -0.462 e. The Labute approximate surface area is 412 Å². The summed E-state index contributed by atoms with van der Waals surface area (Å²) in [4.78, 5) is 38.0. The third kappa shape index (κ3) is 52.6. The molecule has 0 radical (unpaired) electrons. The monoisotopic (exact) mass is 927 g/mol. The molecule has 0 aliphatic carbocycles. The van der Waals surface area contributed by atoms with Gasteiger partial charge in [-0.1, -0.05) is 206 Å². The number of carbonyl (C=O) groups is 3. The summed E-state index contributed by atoms with van der Waals surface area (Å²) in [6, 6.07) is 0. The van der Waals surface area contributed by atoms with Gasteiger partial charge in [-0.3, -0.25) is 14.4 Å². The van der Waals surface area contributed by atoms with Crippen LogP contribution in [0.1, 0.15) is 226 Å². The highest BCUT2D eigenvalue weighted by Crippen LogP contribution is 2.13. The van der Waals surface area contributed by atoms with E-state index in [0.29, 0.717) is 19.3 Å². The number of unbranched alkanes of at least 4 members (excludes halogenated alkanes) is 16. The first-order valence-corrected chi connectivity index (χ1v) is 27.0. The Morgan fingerprint density at radius 2 is 0.597 bits per heavy atom. The second-order valence-electron chi connectivity index (χ2n) is 17.4. The smallest absolute Gasteiger partial charge is 0.306 e. The fourth-order valence-corrected chi connectivity index (χ4v) is 6.93. The number of rotatable bonds is 47. The van der Waals surface area contributed by atoms with E-state index < -0.39 is 6.10 Å². The molecule has 0 saturated carbocycles. The average molecular weight is 927 g/mol. The van der Waals surface area contributed by atoms with Gasteiger partial charge in [0.2, 0.25) is 0 Å². The zero-order valence-electron chi connectivity index (χ0n) is 43.1. The van der Waals surface area contributed by atoms with Crippen molar-refractivity contribution in [2.75, 3.05) is 13.2 Å². The first kappa shape index (κ1) is 62.8. The molecule has 6 nitrogen and oxygen atoms in total. The van der Waals surface area contributed by atoms with Crippen molar-refractivity contribution in [3.8, 4) is 0 Å². The minimum absolute atomic E-state index is 0.118. The molecular formula is C61H98O6. The summed E-state index contributed by atoms with van der Waals surface area (Å²) in [7, 11) is 0. The molecule has 0 aliphatic rings. The second kappa shape index (κ2) is 54.4. The molecule has 0 unspecified atom stereocenters. The van der Waals surface area contributed by atoms with E-state index in [2.05, 4.69) is 142 Å². The van der Waals surface area contributed by atoms with Crippen molar-refractivity contribution >= 4 is 17.9 Å². The minimum atomic E-state index is -0.828. The molecule has 6 heteroatoms. The van der Waals surface area contributed by atoms with Crippen LogP contribution >= 0.6 is 0 Å². The molecule has 0 aromatic rings. The highest BCUT2D eigenvalue weighted by atomic mass is 16.6. The van der Waals surface area contributed by atoms with E-state index in [1.807, 2.05) is 0 Å². The van der Waals surface area contributed by atoms with Crippen LogP contribution in [-0.4, -0.2) is 37.2 Å². The maximum Gasteiger partial charge on any atom is 0.306 e. The van der Waals surface area contributed by atoms with Gasteiger partial charge in [0.05, 0.1) is 0 Å². The molecule has 67 heavy (non-hydrogen) atoms. The van der Waals surface area contributed by atoms with Gasteiger partial charge in [0.25, 0.3) is 0 Å². The van der Waals surface area contributed by atoms with Crippen LogP contribution in [0.4, 0.5) is 0 Å². The lowest BCUT2D eigenvalue weighted by Crippen LogP contribution is -2.30. The van der Waals surface area contributed by atoms with Gasteiger partial charge in [-0.2, -0.15) is 0 Å². The largest absolute Gasteiger partial charge is 0.462 e. The molecule has 0 aromatic carbocycles. The fraction of sp³-hybridized carbons (Fsp3) is 0.623. The zero-order valence-corrected chi connectivity index (χ0v) is 43.1. The predicted octanol–water partition coefficient (Wildman–Crippen LogP) is 18.1. The second-order valence-corrected chi connectivity index (χ2v) is 17.4. The van der Waals surface area contributed by atoms with Crippen LogP contribution < -0.4 is 0 Å². The Balaban J connectivity index is 4.55. The Morgan fingerprint density at radius 1 is 0.313 bits per heavy atom. The van der Waals surface area contributed by atoms with Gasteiger partial charge in [-0.25, -0.2) is 0 Å². The maximum absolute atomic E-state index is 12.8. The first-order valence-electron chi connectivity index (χ1n) is 27.0. The van der Waals surface area contributed by atoms with Crippen LogP contribution in [0.2, 0.25) is 0 Å². The summed E-state index contributed by atoms with van der Waals surface area (Å²) in [5.74, 6) is -1.03. The highest BCUT2D eigenvalue weighted by molar-refractivity contribution is 5.71. The summed E-state index contributed by atoms with van der Waals surface area (Å²) < 4.78 is 16.7. The van der Waals surface area contributed by atoms with Crippen molar-refractivity contribution in [3.63, 3.8) is 0 Å². The molecule has 0 rings (SSSR count). The molecule has 0 amide bonds. The molecule has 0 bridgehead atoms. The van der Waals surface area contributed by atoms with Gasteiger partial charge in [0, 0.05) is 19.3 Å². The van der Waals surface area contributed by atoms with E-state index in [4.69, 9.17) is 14.2 Å². The molecular weight excluding hydrogens is 829 g/mol. The van der Waals surface area contributed by atoms with Crippen molar-refractivity contribution < 1.29 is 28.6 Å². The van der Waals surface area contributed by atoms with Crippen LogP contribution in [0, 0.1) is 0 Å². The normalized spacial score (nSPS) is 13.1. The maximum atomic E-state index is 12.8. The van der Waals surface area contributed by atoms with Crippen LogP contribution in [-0.2, 0) is 28.6 Å². The third-order valence-corrected chi connectivity index (χ3v) is 10.9. The van der Waals surface area contributed by atoms with Gasteiger partial charge in [0.15, 0.2) is 6.10 Å². The Bertz CT molecular complexity index is 1440. The topological polar surface area (TPSA) is 78.9 Å². The lowest BCUT2D eigenvalue weighted by Gasteiger charge is -2.18. The molecule has 378 valence electrons. The Kier molecular flexibility index (Phi) is 51.0. The molecule has 1 atom stereocenters. The quantitative estimate of drug-likeness (QED) is 0.0262. The van der Waals surface area contributed by atoms with E-state index in [-0.39, 0.29) is 44.0 Å². The molecule has 0 aromatic heterocycles. The summed E-state index contributed by atoms with van der Waals surface area (Å²) in [6.07, 6.45) is 74.8. The molecule has 0 spiro atoms. The average Bonchev–Trinajstić information content (AvgIpc) is 3.33. The standard InChI is InChI=1S/C61H98O6/c1-4-7-10-13-16-19-22-25-28-30-33-35-38-41-44-47-50-53-59(62)65-56-58(67-61(64)55-52-49-46-43-40-37-32-27-24-21-18-15-12-9-6-3)57-66-60(63)54-51-48-45-42-39-36-34-31-29-26-23-20-17-14-11-8-5-2/h7,9-10,12,16,18-19,21,25-29,32-33,35,40-41,43-44,58H,4-6,8,11,13-15,17,20,22-24,30-31,34,36-39,42,45-57H2,1-3H3/b10-7-,12-9-,19-16-,21-18-,28-25-,29-26-,32-27-,35-33-,43-40-,44-41-/t58-/m1/s1. The number of carbonyl (C=O) groups excluding carboxylic acids is 3. The van der Waals surface area contributed by atoms with Crippen molar-refractivity contribution in [2.24, 2.45) is 0 Å². The van der Waals surface area contributed by atoms with Crippen LogP contribution in [0.25, 0.3) is 0 Å². The van der Waals surface area contributed by atoms with E-state index in [9.17, 15) is 14.4 Å². The SMILES string of the molecule is CC/C=C\C/C=C\C/C=C\C/C=C\C/C=C\CCCC(=O)OC[C@H](COC(=O)CCCCCCCCC/C=C\CCCCCCCC)OC(=O)CCCC/C=C\C/C=C\C/C=C\C/C=C\CC. The number of ether oxygens (including phenoxy) is 3. The third-order valence-electron chi connectivity index (χ3n) is 10.9. The van der Waals surface area contributed by atoms with Gasteiger partial charge in [-0.15, -0.1) is 0 Å². The van der Waals surface area contributed by atoms with E-state index in [0.717, 1.165) is 96.3 Å². The number of allylic oxidation sites excluding steroid dienone is 20. The number of hydrogen-bond acceptors (Lipinski definition) is 6. The summed E-state index contributed by atoms with van der Waals surface area (Å²) in [6.45, 7) is 6.31. The van der Waals surface area contributed by atoms with E-state index >= 15 is 0 Å². The van der Waals surface area contributed by atoms with E-state index in [1.165, 1.54) is 77.0 Å². The zero-order chi connectivity index (χ0) is 48.6. The molecule has 0 aliphatic heterocycles. The molecule has 0 saturated heterocycles. The van der Waals surface area contributed by atoms with Crippen molar-refractivity contribution in [1.29, 1.82) is 0 Å². The lowest BCUT2D eigenvalue weighted by molar-refractivity contribution is -0.167. The van der Waals surface area contributed by atoms with Crippen molar-refractivity contribution in [2.45, 2.75) is 232 Å². The highest BCUT2D eigenvalue weighted by Gasteiger charge is 2.19. The van der Waals surface area contributed by atoms with Crippen molar-refractivity contribution in [3.05, 3.63) is 122 Å². The van der Waals surface area contributed by atoms with E-state index in [1.54, 1.807) is 0 Å². The van der Waals surface area contributed by atoms with Crippen LogP contribution in [0.3, 0.4) is 0 Å². The van der Waals surface area contributed by atoms with Gasteiger partial charge in [0.1, 0.15) is 13.2 Å². The van der Waals surface area contributed by atoms with Gasteiger partial charge < -0.3 is 14.2 Å². The molecule has 0 fully saturated rings. The molecule has 0 heterocycles. The van der Waals surface area contributed by atoms with Gasteiger partial charge >= 0.3 is 17.9 Å². The summed E-state index contributed by atoms with van der Waals surface area (Å²) >= 11 is 0. The fourth-order valence-electron chi connectivity index (χ4n) is 6.93. The summed E-state index contributed by atoms with van der Waals surface area (Å²) in [5, 5.41) is 0. The van der Waals surface area contributed by atoms with Gasteiger partial charge in [-0.05, 0) is 122 Å².